The van der Waals surface area contributed by atoms with Gasteiger partial charge >= 0.3 is 5.97 Å². The summed E-state index contributed by atoms with van der Waals surface area (Å²) in [6.45, 7) is 2.13. The highest BCUT2D eigenvalue weighted by Crippen LogP contribution is 2.27. The summed E-state index contributed by atoms with van der Waals surface area (Å²) in [5, 5.41) is 0.545. The Bertz CT molecular complexity index is 886. The summed E-state index contributed by atoms with van der Waals surface area (Å²) in [5.41, 5.74) is 1.06. The maximum Gasteiger partial charge on any atom is 0.338 e. The zero-order valence-electron chi connectivity index (χ0n) is 13.7. The van der Waals surface area contributed by atoms with E-state index in [1.807, 2.05) is 0 Å². The van der Waals surface area contributed by atoms with E-state index >= 15 is 0 Å². The molecule has 0 spiro atoms. The number of halogens is 2. The average molecular weight is 447 g/mol. The second-order valence-electron chi connectivity index (χ2n) is 5.26. The van der Waals surface area contributed by atoms with Crippen molar-refractivity contribution in [3.63, 3.8) is 0 Å². The van der Waals surface area contributed by atoms with Crippen LogP contribution in [0.15, 0.2) is 51.8 Å². The maximum absolute atomic E-state index is 12.8. The van der Waals surface area contributed by atoms with Gasteiger partial charge < -0.3 is 4.74 Å². The monoisotopic (exact) mass is 445 g/mol. The highest BCUT2D eigenvalue weighted by Gasteiger charge is 2.24. The molecule has 0 aliphatic carbocycles. The van der Waals surface area contributed by atoms with E-state index in [4.69, 9.17) is 16.3 Å². The van der Waals surface area contributed by atoms with Crippen LogP contribution in [0.4, 0.5) is 0 Å². The van der Waals surface area contributed by atoms with E-state index in [1.165, 1.54) is 29.6 Å². The van der Waals surface area contributed by atoms with Gasteiger partial charge in [-0.1, -0.05) is 23.7 Å². The van der Waals surface area contributed by atoms with Crippen molar-refractivity contribution in [3.05, 3.63) is 63.1 Å². The molecule has 0 fully saturated rings. The van der Waals surface area contributed by atoms with Crippen LogP contribution in [0.5, 0.6) is 0 Å². The van der Waals surface area contributed by atoms with Crippen molar-refractivity contribution >= 4 is 43.5 Å². The van der Waals surface area contributed by atoms with Gasteiger partial charge in [0.05, 0.1) is 17.1 Å². The van der Waals surface area contributed by atoms with E-state index in [0.717, 1.165) is 5.56 Å². The Hall–Kier alpha value is -1.41. The summed E-state index contributed by atoms with van der Waals surface area (Å²) >= 11 is 9.17. The fourth-order valence-electron chi connectivity index (χ4n) is 2.20. The van der Waals surface area contributed by atoms with Crippen LogP contribution in [0.2, 0.25) is 5.02 Å². The number of hydrogen-bond donors (Lipinski definition) is 0. The van der Waals surface area contributed by atoms with Gasteiger partial charge in [-0.15, -0.1) is 0 Å². The molecule has 0 saturated carbocycles. The quantitative estimate of drug-likeness (QED) is 0.627. The van der Waals surface area contributed by atoms with Gasteiger partial charge in [-0.2, -0.15) is 4.31 Å². The van der Waals surface area contributed by atoms with Crippen LogP contribution in [0.25, 0.3) is 0 Å². The SMILES string of the molecule is CCOC(=O)c1ccc(S(=O)(=O)N(C)Cc2cccc(Cl)c2)c(Br)c1. The number of esters is 1. The van der Waals surface area contributed by atoms with Crippen molar-refractivity contribution in [3.8, 4) is 0 Å². The topological polar surface area (TPSA) is 63.7 Å². The lowest BCUT2D eigenvalue weighted by Crippen LogP contribution is -2.27. The minimum atomic E-state index is -3.74. The van der Waals surface area contributed by atoms with E-state index in [9.17, 15) is 13.2 Å². The molecule has 0 aromatic heterocycles. The fourth-order valence-corrected chi connectivity index (χ4v) is 4.60. The first-order chi connectivity index (χ1) is 11.8. The van der Waals surface area contributed by atoms with Gasteiger partial charge in [-0.05, 0) is 58.7 Å². The van der Waals surface area contributed by atoms with Crippen molar-refractivity contribution in [2.24, 2.45) is 0 Å². The van der Waals surface area contributed by atoms with Crippen LogP contribution in [0.1, 0.15) is 22.8 Å². The summed E-state index contributed by atoms with van der Waals surface area (Å²) in [7, 11) is -2.26. The second-order valence-corrected chi connectivity index (χ2v) is 8.56. The Morgan fingerprint density at radius 2 is 1.96 bits per heavy atom. The van der Waals surface area contributed by atoms with Crippen LogP contribution >= 0.6 is 27.5 Å². The molecule has 0 unspecified atom stereocenters. The molecule has 0 bridgehead atoms. The summed E-state index contributed by atoms with van der Waals surface area (Å²) in [6, 6.07) is 11.3. The predicted octanol–water partition coefficient (Wildman–Crippen LogP) is 4.10. The number of sulfonamides is 1. The Morgan fingerprint density at radius 3 is 2.56 bits per heavy atom. The fraction of sp³-hybridized carbons (Fsp3) is 0.235. The van der Waals surface area contributed by atoms with Crippen LogP contribution < -0.4 is 0 Å². The molecule has 0 aliphatic heterocycles. The van der Waals surface area contributed by atoms with Crippen LogP contribution in [0.3, 0.4) is 0 Å². The first-order valence-electron chi connectivity index (χ1n) is 7.43. The molecule has 0 N–H and O–H groups in total. The number of carbonyl (C=O) groups excluding carboxylic acids is 1. The third-order valence-electron chi connectivity index (χ3n) is 3.43. The number of rotatable bonds is 6. The van der Waals surface area contributed by atoms with Crippen molar-refractivity contribution < 1.29 is 17.9 Å². The molecule has 0 aliphatic rings. The van der Waals surface area contributed by atoms with E-state index in [0.29, 0.717) is 9.50 Å². The van der Waals surface area contributed by atoms with Gasteiger partial charge in [-0.3, -0.25) is 0 Å². The molecule has 25 heavy (non-hydrogen) atoms. The molecule has 5 nitrogen and oxygen atoms in total. The lowest BCUT2D eigenvalue weighted by atomic mass is 10.2. The van der Waals surface area contributed by atoms with Gasteiger partial charge in [0.25, 0.3) is 0 Å². The minimum Gasteiger partial charge on any atom is -0.462 e. The van der Waals surface area contributed by atoms with Crippen molar-refractivity contribution in [1.29, 1.82) is 0 Å². The summed E-state index contributed by atoms with van der Waals surface area (Å²) in [6.07, 6.45) is 0. The molecule has 0 saturated heterocycles. The minimum absolute atomic E-state index is 0.0741. The first-order valence-corrected chi connectivity index (χ1v) is 10.0. The molecule has 0 radical (unpaired) electrons. The maximum atomic E-state index is 12.8. The summed E-state index contributed by atoms with van der Waals surface area (Å²) < 4.78 is 32.0. The standard InChI is InChI=1S/C17H17BrClNO4S/c1-3-24-17(21)13-7-8-16(15(18)10-13)25(22,23)20(2)11-12-5-4-6-14(19)9-12/h4-10H,3,11H2,1-2H3. The van der Waals surface area contributed by atoms with Crippen LogP contribution in [-0.2, 0) is 21.3 Å². The smallest absolute Gasteiger partial charge is 0.338 e. The summed E-state index contributed by atoms with van der Waals surface area (Å²) in [4.78, 5) is 11.8. The van der Waals surface area contributed by atoms with Crippen LogP contribution in [-0.4, -0.2) is 32.3 Å². The molecule has 134 valence electrons. The van der Waals surface area contributed by atoms with Crippen molar-refractivity contribution in [2.75, 3.05) is 13.7 Å². The summed E-state index contributed by atoms with van der Waals surface area (Å²) in [5.74, 6) is -0.501. The highest BCUT2D eigenvalue weighted by molar-refractivity contribution is 9.10. The number of hydrogen-bond acceptors (Lipinski definition) is 4. The zero-order chi connectivity index (χ0) is 18.6. The number of carbonyl (C=O) groups is 1. The third kappa shape index (κ3) is 4.82. The molecule has 2 aromatic rings. The third-order valence-corrected chi connectivity index (χ3v) is 6.44. The highest BCUT2D eigenvalue weighted by atomic mass is 79.9. The molecule has 2 rings (SSSR count). The van der Waals surface area contributed by atoms with Gasteiger partial charge in [0.15, 0.2) is 0 Å². The number of ether oxygens (including phenoxy) is 1. The lowest BCUT2D eigenvalue weighted by Gasteiger charge is -2.18. The van der Waals surface area contributed by atoms with Gasteiger partial charge in [0.2, 0.25) is 10.0 Å². The van der Waals surface area contributed by atoms with Gasteiger partial charge in [0, 0.05) is 23.1 Å². The lowest BCUT2D eigenvalue weighted by molar-refractivity contribution is 0.0526. The normalized spacial score (nSPS) is 11.6. The number of nitrogens with zero attached hydrogens (tertiary/aromatic N) is 1. The molecule has 0 heterocycles. The Labute approximate surface area is 160 Å². The molecule has 0 atom stereocenters. The first kappa shape index (κ1) is 19.9. The van der Waals surface area contributed by atoms with E-state index in [1.54, 1.807) is 31.2 Å². The van der Waals surface area contributed by atoms with Crippen LogP contribution in [0, 0.1) is 0 Å². The largest absolute Gasteiger partial charge is 0.462 e. The van der Waals surface area contributed by atoms with E-state index < -0.39 is 16.0 Å². The zero-order valence-corrected chi connectivity index (χ0v) is 16.9. The second kappa shape index (κ2) is 8.31. The number of benzene rings is 2. The molecular formula is C17H17BrClNO4S. The Morgan fingerprint density at radius 1 is 1.24 bits per heavy atom. The molecule has 0 amide bonds. The van der Waals surface area contributed by atoms with Gasteiger partial charge in [0.1, 0.15) is 0 Å². The van der Waals surface area contributed by atoms with Crippen molar-refractivity contribution in [1.82, 2.24) is 4.31 Å². The molecule has 8 heteroatoms. The Balaban J connectivity index is 2.27. The van der Waals surface area contributed by atoms with Crippen molar-refractivity contribution in [2.45, 2.75) is 18.4 Å². The van der Waals surface area contributed by atoms with E-state index in [2.05, 4.69) is 15.9 Å². The van der Waals surface area contributed by atoms with E-state index in [-0.39, 0.29) is 23.6 Å². The predicted molar refractivity (Wildman–Crippen MR) is 100 cm³/mol. The Kier molecular flexibility index (Phi) is 6.62. The average Bonchev–Trinajstić information content (AvgIpc) is 2.54. The molecular weight excluding hydrogens is 430 g/mol. The van der Waals surface area contributed by atoms with Gasteiger partial charge in [-0.25, -0.2) is 13.2 Å². The molecule has 2 aromatic carbocycles.